The van der Waals surface area contributed by atoms with E-state index in [1.807, 2.05) is 6.20 Å². The second-order valence-corrected chi connectivity index (χ2v) is 11.5. The fraction of sp³-hybridized carbons (Fsp3) is 0.333. The number of rotatable bonds is 6. The van der Waals surface area contributed by atoms with E-state index in [9.17, 15) is 9.18 Å². The number of nitrogens with one attached hydrogen (secondary N) is 1. The number of imidazole rings is 1. The molecule has 0 spiro atoms. The Bertz CT molecular complexity index is 1720. The number of aryl methyl sites for hydroxylation is 2. The third kappa shape index (κ3) is 4.68. The van der Waals surface area contributed by atoms with E-state index in [0.29, 0.717) is 10.8 Å². The number of amides is 1. The standard InChI is InChI=1S/C30H30FN7O2S/c1-18-13-23(20-3-5-22(6-4-20)36-8-10-40-11-9-36)19(2)26-24(18)16-38(35-26)28(29(39)34-30-32-7-12-41-30)27-25-14-21(31)15-37(25)17-33-27/h3-7,12-13,16-17,21,28H,8-11,14-15H2,1-2H3,(H,32,34,39). The highest BCUT2D eigenvalue weighted by molar-refractivity contribution is 7.13. The van der Waals surface area contributed by atoms with Crippen molar-refractivity contribution in [3.63, 3.8) is 0 Å². The number of aromatic nitrogens is 5. The number of alkyl halides is 1. The Labute approximate surface area is 240 Å². The van der Waals surface area contributed by atoms with E-state index in [1.54, 1.807) is 27.2 Å². The minimum Gasteiger partial charge on any atom is -0.378 e. The predicted octanol–water partition coefficient (Wildman–Crippen LogP) is 4.93. The lowest BCUT2D eigenvalue weighted by Gasteiger charge is -2.29. The van der Waals surface area contributed by atoms with Crippen LogP contribution in [0, 0.1) is 13.8 Å². The number of carbonyl (C=O) groups excluding carboxylic acids is 1. The summed E-state index contributed by atoms with van der Waals surface area (Å²) in [4.78, 5) is 24.9. The summed E-state index contributed by atoms with van der Waals surface area (Å²) in [5, 5.41) is 11.1. The zero-order valence-corrected chi connectivity index (χ0v) is 23.7. The van der Waals surface area contributed by atoms with Crippen LogP contribution in [0.2, 0.25) is 0 Å². The first-order valence-corrected chi connectivity index (χ1v) is 14.6. The van der Waals surface area contributed by atoms with Crippen LogP contribution in [0.4, 0.5) is 15.2 Å². The molecule has 1 amide bonds. The molecule has 2 aliphatic heterocycles. The summed E-state index contributed by atoms with van der Waals surface area (Å²) in [5.74, 6) is -0.314. The molecule has 5 heterocycles. The van der Waals surface area contributed by atoms with Crippen molar-refractivity contribution in [3.05, 3.63) is 76.9 Å². The molecule has 5 aromatic rings. The maximum atomic E-state index is 14.3. The van der Waals surface area contributed by atoms with Crippen LogP contribution in [0.15, 0.2) is 54.4 Å². The minimum absolute atomic E-state index is 0.222. The van der Waals surface area contributed by atoms with Gasteiger partial charge in [-0.1, -0.05) is 18.2 Å². The average molecular weight is 572 g/mol. The average Bonchev–Trinajstić information content (AvgIpc) is 3.78. The van der Waals surface area contributed by atoms with Gasteiger partial charge in [0.2, 0.25) is 0 Å². The molecule has 41 heavy (non-hydrogen) atoms. The molecule has 1 N–H and O–H groups in total. The van der Waals surface area contributed by atoms with Gasteiger partial charge in [0.25, 0.3) is 5.91 Å². The van der Waals surface area contributed by atoms with Crippen molar-refractivity contribution in [3.8, 4) is 11.1 Å². The zero-order valence-electron chi connectivity index (χ0n) is 22.9. The van der Waals surface area contributed by atoms with Gasteiger partial charge in [-0.3, -0.25) is 14.8 Å². The topological polar surface area (TPSA) is 90.1 Å². The van der Waals surface area contributed by atoms with Gasteiger partial charge in [-0.2, -0.15) is 5.10 Å². The van der Waals surface area contributed by atoms with Gasteiger partial charge in [0, 0.05) is 54.1 Å². The third-order valence-corrected chi connectivity index (χ3v) is 8.74. The first-order chi connectivity index (χ1) is 20.0. The van der Waals surface area contributed by atoms with Crippen LogP contribution in [0.5, 0.6) is 0 Å². The molecule has 2 unspecified atom stereocenters. The lowest BCUT2D eigenvalue weighted by atomic mass is 9.95. The van der Waals surface area contributed by atoms with E-state index in [1.165, 1.54) is 17.0 Å². The number of nitrogens with zero attached hydrogens (tertiary/aromatic N) is 6. The van der Waals surface area contributed by atoms with Crippen LogP contribution in [-0.4, -0.2) is 62.7 Å². The molecule has 0 radical (unpaired) electrons. The molecule has 11 heteroatoms. The second-order valence-electron chi connectivity index (χ2n) is 10.6. The van der Waals surface area contributed by atoms with Crippen LogP contribution in [-0.2, 0) is 22.5 Å². The maximum Gasteiger partial charge on any atom is 0.257 e. The Kier molecular flexibility index (Phi) is 6.55. The summed E-state index contributed by atoms with van der Waals surface area (Å²) >= 11 is 1.34. The molecular weight excluding hydrogens is 541 g/mol. The molecule has 2 aromatic carbocycles. The summed E-state index contributed by atoms with van der Waals surface area (Å²) in [6.07, 6.45) is 4.39. The number of anilines is 2. The SMILES string of the molecule is Cc1cc(-c2ccc(N3CCOCC3)cc2)c(C)c2nn(C(C(=O)Nc3nccs3)c3ncn4c3CC(F)C4)cc12. The Morgan fingerprint density at radius 3 is 2.73 bits per heavy atom. The Morgan fingerprint density at radius 1 is 1.17 bits per heavy atom. The van der Waals surface area contributed by atoms with Gasteiger partial charge in [0.1, 0.15) is 6.17 Å². The largest absolute Gasteiger partial charge is 0.378 e. The van der Waals surface area contributed by atoms with E-state index >= 15 is 0 Å². The summed E-state index contributed by atoms with van der Waals surface area (Å²) in [5.41, 5.74) is 7.55. The molecule has 0 aliphatic carbocycles. The Hall–Kier alpha value is -4.09. The molecule has 9 nitrogen and oxygen atoms in total. The van der Waals surface area contributed by atoms with Gasteiger partial charge >= 0.3 is 0 Å². The number of fused-ring (bicyclic) bond motifs is 2. The third-order valence-electron chi connectivity index (χ3n) is 8.05. The quantitative estimate of drug-likeness (QED) is 0.311. The lowest BCUT2D eigenvalue weighted by molar-refractivity contribution is -0.118. The number of ether oxygens (including phenoxy) is 1. The molecule has 7 rings (SSSR count). The van der Waals surface area contributed by atoms with Gasteiger partial charge in [-0.15, -0.1) is 11.3 Å². The van der Waals surface area contributed by atoms with Crippen LogP contribution in [0.1, 0.15) is 28.6 Å². The van der Waals surface area contributed by atoms with Crippen LogP contribution in [0.25, 0.3) is 22.0 Å². The molecule has 0 saturated carbocycles. The molecule has 0 bridgehead atoms. The molecule has 210 valence electrons. The van der Waals surface area contributed by atoms with Crippen molar-refractivity contribution in [1.82, 2.24) is 24.3 Å². The van der Waals surface area contributed by atoms with E-state index in [-0.39, 0.29) is 18.9 Å². The van der Waals surface area contributed by atoms with Gasteiger partial charge in [-0.25, -0.2) is 14.4 Å². The highest BCUT2D eigenvalue weighted by Gasteiger charge is 2.34. The van der Waals surface area contributed by atoms with Gasteiger partial charge in [0.05, 0.1) is 37.3 Å². The normalized spacial score (nSPS) is 17.6. The van der Waals surface area contributed by atoms with Crippen LogP contribution < -0.4 is 10.2 Å². The molecule has 2 aliphatic rings. The first-order valence-electron chi connectivity index (χ1n) is 13.8. The van der Waals surface area contributed by atoms with Gasteiger partial charge in [-0.05, 0) is 48.2 Å². The zero-order chi connectivity index (χ0) is 28.1. The highest BCUT2D eigenvalue weighted by Crippen LogP contribution is 2.35. The van der Waals surface area contributed by atoms with Crippen molar-refractivity contribution in [2.45, 2.75) is 39.0 Å². The highest BCUT2D eigenvalue weighted by atomic mass is 32.1. The van der Waals surface area contributed by atoms with E-state index in [2.05, 4.69) is 64.4 Å². The van der Waals surface area contributed by atoms with Gasteiger partial charge < -0.3 is 14.2 Å². The van der Waals surface area contributed by atoms with Crippen molar-refractivity contribution < 1.29 is 13.9 Å². The lowest BCUT2D eigenvalue weighted by Crippen LogP contribution is -2.36. The van der Waals surface area contributed by atoms with Gasteiger partial charge in [0.15, 0.2) is 11.2 Å². The maximum absolute atomic E-state index is 14.3. The van der Waals surface area contributed by atoms with E-state index in [0.717, 1.165) is 65.2 Å². The summed E-state index contributed by atoms with van der Waals surface area (Å²) < 4.78 is 23.3. The Balaban J connectivity index is 1.28. The summed E-state index contributed by atoms with van der Waals surface area (Å²) in [6, 6.07) is 9.94. The molecule has 1 saturated heterocycles. The van der Waals surface area contributed by atoms with E-state index in [4.69, 9.17) is 9.84 Å². The number of hydrogen-bond acceptors (Lipinski definition) is 7. The molecular formula is C30H30FN7O2S. The van der Waals surface area contributed by atoms with E-state index < -0.39 is 12.2 Å². The monoisotopic (exact) mass is 571 g/mol. The smallest absolute Gasteiger partial charge is 0.257 e. The van der Waals surface area contributed by atoms with Crippen molar-refractivity contribution in [1.29, 1.82) is 0 Å². The molecule has 1 fully saturated rings. The number of carbonyl (C=O) groups is 1. The van der Waals surface area contributed by atoms with Crippen molar-refractivity contribution >= 4 is 39.0 Å². The number of thiazole rings is 1. The molecule has 2 atom stereocenters. The predicted molar refractivity (Wildman–Crippen MR) is 157 cm³/mol. The van der Waals surface area contributed by atoms with Crippen LogP contribution in [0.3, 0.4) is 0 Å². The number of hydrogen-bond donors (Lipinski definition) is 1. The second kappa shape index (κ2) is 10.4. The fourth-order valence-electron chi connectivity index (χ4n) is 5.94. The number of morpholine rings is 1. The number of halogens is 1. The fourth-order valence-corrected chi connectivity index (χ4v) is 6.47. The number of benzene rings is 2. The Morgan fingerprint density at radius 2 is 1.98 bits per heavy atom. The van der Waals surface area contributed by atoms with Crippen molar-refractivity contribution in [2.24, 2.45) is 0 Å². The summed E-state index contributed by atoms with van der Waals surface area (Å²) in [7, 11) is 0. The molecule has 3 aromatic heterocycles. The van der Waals surface area contributed by atoms with Crippen molar-refractivity contribution in [2.75, 3.05) is 36.5 Å². The van der Waals surface area contributed by atoms with Crippen LogP contribution >= 0.6 is 11.3 Å². The minimum atomic E-state index is -0.993. The summed E-state index contributed by atoms with van der Waals surface area (Å²) in [6.45, 7) is 7.66. The first kappa shape index (κ1) is 25.8.